The lowest BCUT2D eigenvalue weighted by molar-refractivity contribution is 0.0189. The van der Waals surface area contributed by atoms with Gasteiger partial charge in [0.15, 0.2) is 0 Å². The fraction of sp³-hybridized carbons (Fsp3) is 0.524. The van der Waals surface area contributed by atoms with Crippen LogP contribution in [0.15, 0.2) is 36.5 Å². The molecule has 4 rings (SSSR count). The highest BCUT2D eigenvalue weighted by Crippen LogP contribution is 2.24. The summed E-state index contributed by atoms with van der Waals surface area (Å²) < 4.78 is 9.71. The summed E-state index contributed by atoms with van der Waals surface area (Å²) in [5.74, 6) is 0. The number of carbonyl (C=O) groups is 1. The lowest BCUT2D eigenvalue weighted by Crippen LogP contribution is -2.42. The third-order valence-electron chi connectivity index (χ3n) is 5.66. The molecule has 0 bridgehead atoms. The number of ether oxygens (including phenoxy) is 1. The van der Waals surface area contributed by atoms with Crippen LogP contribution in [0.1, 0.15) is 24.8 Å². The molecule has 4 atom stereocenters. The van der Waals surface area contributed by atoms with E-state index in [1.165, 1.54) is 18.0 Å². The molecule has 0 aliphatic carbocycles. The van der Waals surface area contributed by atoms with Crippen LogP contribution in [-0.4, -0.2) is 59.5 Å². The number of aliphatic hydroxyl groups excluding tert-OH is 1. The average molecular weight is 417 g/mol. The summed E-state index contributed by atoms with van der Waals surface area (Å²) in [7, 11) is 0. The minimum atomic E-state index is -0.696. The van der Waals surface area contributed by atoms with Crippen molar-refractivity contribution in [2.75, 3.05) is 19.6 Å². The zero-order chi connectivity index (χ0) is 20.1. The molecule has 1 amide bonds. The van der Waals surface area contributed by atoms with Crippen LogP contribution in [0, 0.1) is 0 Å². The largest absolute Gasteiger partial charge is 0.442 e. The highest BCUT2D eigenvalue weighted by Gasteiger charge is 2.37. The molecule has 8 heteroatoms. The van der Waals surface area contributed by atoms with Gasteiger partial charge >= 0.3 is 6.09 Å². The number of amides is 1. The second kappa shape index (κ2) is 9.67. The Balaban J connectivity index is 1.28. The Hall–Kier alpha value is -2.00. The zero-order valence-corrected chi connectivity index (χ0v) is 17.2. The monoisotopic (exact) mass is 416 g/mol. The van der Waals surface area contributed by atoms with E-state index >= 15 is 0 Å². The van der Waals surface area contributed by atoms with Crippen LogP contribution in [0.3, 0.4) is 0 Å². The van der Waals surface area contributed by atoms with Gasteiger partial charge in [-0.15, -0.1) is 0 Å². The molecule has 2 saturated heterocycles. The van der Waals surface area contributed by atoms with Crippen molar-refractivity contribution in [2.24, 2.45) is 0 Å². The molecule has 156 valence electrons. The molecular formula is C21H28N4O3S. The molecule has 2 aromatic rings. The molecule has 4 N–H and O–H groups in total. The molecule has 29 heavy (non-hydrogen) atoms. The summed E-state index contributed by atoms with van der Waals surface area (Å²) in [6.07, 6.45) is 4.03. The van der Waals surface area contributed by atoms with Crippen molar-refractivity contribution < 1.29 is 14.6 Å². The maximum atomic E-state index is 12.2. The van der Waals surface area contributed by atoms with Crippen molar-refractivity contribution >= 4 is 17.6 Å². The summed E-state index contributed by atoms with van der Waals surface area (Å²) in [4.78, 5) is 13.3. The Kier molecular flexibility index (Phi) is 6.76. The van der Waals surface area contributed by atoms with Crippen LogP contribution >= 0.6 is 11.5 Å². The van der Waals surface area contributed by atoms with Gasteiger partial charge in [-0.3, -0.25) is 0 Å². The Morgan fingerprint density at radius 1 is 1.28 bits per heavy atom. The summed E-state index contributed by atoms with van der Waals surface area (Å²) in [6, 6.07) is 10.7. The maximum absolute atomic E-state index is 12.2. The van der Waals surface area contributed by atoms with E-state index in [4.69, 9.17) is 4.74 Å². The molecule has 2 aliphatic rings. The number of hydrogen-bond donors (Lipinski definition) is 4. The number of alkyl carbamates (subject to hydrolysis) is 1. The molecule has 3 heterocycles. The molecule has 2 aliphatic heterocycles. The quantitative estimate of drug-likeness (QED) is 0.551. The van der Waals surface area contributed by atoms with E-state index < -0.39 is 18.3 Å². The zero-order valence-electron chi connectivity index (χ0n) is 16.3. The molecule has 7 nitrogen and oxygen atoms in total. The predicted molar refractivity (Wildman–Crippen MR) is 113 cm³/mol. The molecule has 2 fully saturated rings. The van der Waals surface area contributed by atoms with Crippen LogP contribution < -0.4 is 16.0 Å². The number of aromatic nitrogens is 1. The molecule has 0 spiro atoms. The van der Waals surface area contributed by atoms with Crippen molar-refractivity contribution in [3.05, 3.63) is 42.1 Å². The second-order valence-corrected chi connectivity index (χ2v) is 8.57. The van der Waals surface area contributed by atoms with E-state index in [9.17, 15) is 9.90 Å². The molecule has 0 saturated carbocycles. The lowest BCUT2D eigenvalue weighted by atomic mass is 10.0. The summed E-state index contributed by atoms with van der Waals surface area (Å²) in [5.41, 5.74) is 2.27. The molecule has 1 aromatic carbocycles. The number of carbonyl (C=O) groups excluding carboxylic acids is 1. The van der Waals surface area contributed by atoms with E-state index in [0.29, 0.717) is 25.6 Å². The number of aliphatic hydroxyl groups is 1. The van der Waals surface area contributed by atoms with Gasteiger partial charge in [-0.2, -0.15) is 0 Å². The smallest absolute Gasteiger partial charge is 0.407 e. The SMILES string of the molecule is O=C(NCC[C@@H]1CCCN1)O[C@@H]1[C@@H](O)CN[C@@H]1Cc1ccc(-c2ccns2)cc1. The van der Waals surface area contributed by atoms with Crippen LogP contribution in [-0.2, 0) is 11.2 Å². The Morgan fingerprint density at radius 3 is 2.86 bits per heavy atom. The minimum absolute atomic E-state index is 0.110. The topological polar surface area (TPSA) is 95.5 Å². The van der Waals surface area contributed by atoms with Gasteiger partial charge in [0.05, 0.1) is 10.9 Å². The number of benzene rings is 1. The van der Waals surface area contributed by atoms with Crippen molar-refractivity contribution in [2.45, 2.75) is 50.0 Å². The highest BCUT2D eigenvalue weighted by atomic mass is 32.1. The normalized spacial score (nSPS) is 26.5. The minimum Gasteiger partial charge on any atom is -0.442 e. The van der Waals surface area contributed by atoms with Crippen molar-refractivity contribution in [1.82, 2.24) is 20.3 Å². The predicted octanol–water partition coefficient (Wildman–Crippen LogP) is 1.92. The van der Waals surface area contributed by atoms with Gasteiger partial charge in [-0.05, 0) is 61.0 Å². The van der Waals surface area contributed by atoms with Gasteiger partial charge in [0.25, 0.3) is 0 Å². The van der Waals surface area contributed by atoms with Gasteiger partial charge in [0, 0.05) is 25.3 Å². The van der Waals surface area contributed by atoms with Crippen LogP contribution in [0.4, 0.5) is 4.79 Å². The highest BCUT2D eigenvalue weighted by molar-refractivity contribution is 7.09. The van der Waals surface area contributed by atoms with Gasteiger partial charge in [-0.1, -0.05) is 24.3 Å². The second-order valence-electron chi connectivity index (χ2n) is 7.74. The van der Waals surface area contributed by atoms with E-state index in [1.54, 1.807) is 6.20 Å². The first-order valence-corrected chi connectivity index (χ1v) is 11.1. The van der Waals surface area contributed by atoms with Crippen molar-refractivity contribution in [3.8, 4) is 10.4 Å². The fourth-order valence-electron chi connectivity index (χ4n) is 4.06. The average Bonchev–Trinajstić information content (AvgIpc) is 3.48. The molecule has 0 radical (unpaired) electrons. The standard InChI is InChI=1S/C21H28N4O3S/c26-18-13-24-17(12-14-3-5-15(6-4-14)19-8-11-25-29-19)20(18)28-21(27)23-10-7-16-2-1-9-22-16/h3-6,8,11,16-18,20,22,24,26H,1-2,7,9-10,12-13H2,(H,23,27)/t16-,17+,18-,20-/m0/s1. The number of hydrogen-bond acceptors (Lipinski definition) is 7. The Labute approximate surface area is 175 Å². The van der Waals surface area contributed by atoms with E-state index in [1.807, 2.05) is 6.07 Å². The summed E-state index contributed by atoms with van der Waals surface area (Å²) in [6.45, 7) is 2.06. The van der Waals surface area contributed by atoms with Gasteiger partial charge in [0.1, 0.15) is 12.2 Å². The molecule has 0 unspecified atom stereocenters. The number of rotatable bonds is 7. The third kappa shape index (κ3) is 5.33. The van der Waals surface area contributed by atoms with Crippen LogP contribution in [0.2, 0.25) is 0 Å². The van der Waals surface area contributed by atoms with Gasteiger partial charge in [0.2, 0.25) is 0 Å². The third-order valence-corrected chi connectivity index (χ3v) is 6.46. The molecule has 1 aromatic heterocycles. The number of β-amino-alcohol motifs (C(OH)–C–C–N with tert-alkyl or cyclic N) is 1. The first kappa shape index (κ1) is 20.3. The summed E-state index contributed by atoms with van der Waals surface area (Å²) in [5, 5.41) is 19.8. The van der Waals surface area contributed by atoms with Crippen molar-refractivity contribution in [3.63, 3.8) is 0 Å². The first-order valence-electron chi connectivity index (χ1n) is 10.3. The van der Waals surface area contributed by atoms with Gasteiger partial charge in [-0.25, -0.2) is 9.17 Å². The van der Waals surface area contributed by atoms with Crippen molar-refractivity contribution in [1.29, 1.82) is 0 Å². The molecular weight excluding hydrogens is 388 g/mol. The van der Waals surface area contributed by atoms with Gasteiger partial charge < -0.3 is 25.8 Å². The fourth-order valence-corrected chi connectivity index (χ4v) is 4.66. The van der Waals surface area contributed by atoms with E-state index in [0.717, 1.165) is 35.4 Å². The maximum Gasteiger partial charge on any atom is 0.407 e. The van der Waals surface area contributed by atoms with E-state index in [2.05, 4.69) is 44.6 Å². The Bertz CT molecular complexity index is 778. The Morgan fingerprint density at radius 2 is 2.14 bits per heavy atom. The first-order chi connectivity index (χ1) is 14.2. The number of nitrogens with one attached hydrogen (secondary N) is 3. The number of nitrogens with zero attached hydrogens (tertiary/aromatic N) is 1. The summed E-state index contributed by atoms with van der Waals surface area (Å²) >= 11 is 1.47. The van der Waals surface area contributed by atoms with E-state index in [-0.39, 0.29) is 6.04 Å². The van der Waals surface area contributed by atoms with Crippen LogP contribution in [0.5, 0.6) is 0 Å². The lowest BCUT2D eigenvalue weighted by Gasteiger charge is -2.22. The van der Waals surface area contributed by atoms with Crippen LogP contribution in [0.25, 0.3) is 10.4 Å².